The zero-order chi connectivity index (χ0) is 16.2. The van der Waals surface area contributed by atoms with Gasteiger partial charge in [0.2, 0.25) is 0 Å². The maximum atomic E-state index is 11.9. The van der Waals surface area contributed by atoms with Crippen molar-refractivity contribution in [1.29, 1.82) is 0 Å². The van der Waals surface area contributed by atoms with Crippen molar-refractivity contribution in [3.05, 3.63) is 20.8 Å². The number of nitrogens with two attached hydrogens (primary N) is 1. The lowest BCUT2D eigenvalue weighted by Gasteiger charge is -2.18. The summed E-state index contributed by atoms with van der Waals surface area (Å²) < 4.78 is 6.12. The second kappa shape index (κ2) is 6.96. The van der Waals surface area contributed by atoms with Crippen LogP contribution in [0.2, 0.25) is 0 Å². The van der Waals surface area contributed by atoms with Crippen LogP contribution in [0, 0.1) is 5.92 Å². The van der Waals surface area contributed by atoms with Gasteiger partial charge in [0.15, 0.2) is 0 Å². The highest BCUT2D eigenvalue weighted by molar-refractivity contribution is 5.80. The van der Waals surface area contributed by atoms with Crippen molar-refractivity contribution < 1.29 is 9.53 Å². The van der Waals surface area contributed by atoms with Gasteiger partial charge in [0.05, 0.1) is 6.61 Å². The molecule has 0 fully saturated rings. The van der Waals surface area contributed by atoms with Crippen LogP contribution in [0.4, 0.5) is 11.5 Å². The van der Waals surface area contributed by atoms with Crippen LogP contribution in [0.15, 0.2) is 9.59 Å². The number of hydrogen-bond acceptors (Lipinski definition) is 6. The highest BCUT2D eigenvalue weighted by Crippen LogP contribution is 2.13. The van der Waals surface area contributed by atoms with E-state index in [1.54, 1.807) is 13.8 Å². The molecule has 21 heavy (non-hydrogen) atoms. The molecule has 8 nitrogen and oxygen atoms in total. The first-order valence-corrected chi connectivity index (χ1v) is 6.83. The van der Waals surface area contributed by atoms with Gasteiger partial charge in [0.1, 0.15) is 17.5 Å². The third kappa shape index (κ3) is 4.11. The Hall–Kier alpha value is -2.25. The van der Waals surface area contributed by atoms with E-state index in [-0.39, 0.29) is 24.0 Å². The van der Waals surface area contributed by atoms with Gasteiger partial charge in [-0.3, -0.25) is 14.3 Å². The summed E-state index contributed by atoms with van der Waals surface area (Å²) in [5.41, 5.74) is 4.65. The molecule has 1 heterocycles. The minimum atomic E-state index is -0.752. The molecule has 118 valence electrons. The Morgan fingerprint density at radius 3 is 2.52 bits per heavy atom. The standard InChI is InChI=1S/C13H22N4O4/c1-5-21-12(19)8(4)15-9-10(14)17(6-7(2)3)13(20)16-11(9)18/h7-8,15H,5-6,14H2,1-4H3,(H,16,18,20). The zero-order valence-corrected chi connectivity index (χ0v) is 12.7. The molecule has 0 aromatic carbocycles. The van der Waals surface area contributed by atoms with Crippen molar-refractivity contribution in [3.63, 3.8) is 0 Å². The number of aromatic nitrogens is 2. The van der Waals surface area contributed by atoms with E-state index in [2.05, 4.69) is 10.3 Å². The van der Waals surface area contributed by atoms with Crippen molar-refractivity contribution in [2.45, 2.75) is 40.3 Å². The van der Waals surface area contributed by atoms with E-state index >= 15 is 0 Å². The summed E-state index contributed by atoms with van der Waals surface area (Å²) in [5.74, 6) is -0.322. The number of ether oxygens (including phenoxy) is 1. The van der Waals surface area contributed by atoms with E-state index in [4.69, 9.17) is 10.5 Å². The Kier molecular flexibility index (Phi) is 5.57. The highest BCUT2D eigenvalue weighted by Gasteiger charge is 2.19. The molecule has 8 heteroatoms. The normalized spacial score (nSPS) is 12.2. The van der Waals surface area contributed by atoms with E-state index in [1.807, 2.05) is 13.8 Å². The number of aromatic amines is 1. The summed E-state index contributed by atoms with van der Waals surface area (Å²) in [7, 11) is 0. The molecule has 4 N–H and O–H groups in total. The predicted octanol–water partition coefficient (Wildman–Crippen LogP) is 0.138. The molecule has 0 aliphatic carbocycles. The van der Waals surface area contributed by atoms with Gasteiger partial charge in [-0.1, -0.05) is 13.8 Å². The third-order valence-electron chi connectivity index (χ3n) is 2.79. The lowest BCUT2D eigenvalue weighted by molar-refractivity contribution is -0.143. The van der Waals surface area contributed by atoms with Crippen LogP contribution in [0.5, 0.6) is 0 Å². The lowest BCUT2D eigenvalue weighted by atomic mass is 10.2. The summed E-state index contributed by atoms with van der Waals surface area (Å²) in [5, 5.41) is 2.70. The van der Waals surface area contributed by atoms with Crippen LogP contribution >= 0.6 is 0 Å². The fraction of sp³-hybridized carbons (Fsp3) is 0.615. The van der Waals surface area contributed by atoms with Crippen LogP contribution < -0.4 is 22.3 Å². The molecular weight excluding hydrogens is 276 g/mol. The molecular formula is C13H22N4O4. The number of nitrogen functional groups attached to an aromatic ring is 1. The van der Waals surface area contributed by atoms with Crippen molar-refractivity contribution in [1.82, 2.24) is 9.55 Å². The van der Waals surface area contributed by atoms with Gasteiger partial charge in [0.25, 0.3) is 5.56 Å². The van der Waals surface area contributed by atoms with E-state index in [1.165, 1.54) is 4.57 Å². The van der Waals surface area contributed by atoms with E-state index in [9.17, 15) is 14.4 Å². The van der Waals surface area contributed by atoms with Crippen LogP contribution in [0.1, 0.15) is 27.7 Å². The van der Waals surface area contributed by atoms with Crippen molar-refractivity contribution >= 4 is 17.5 Å². The third-order valence-corrected chi connectivity index (χ3v) is 2.79. The first-order chi connectivity index (χ1) is 9.77. The molecule has 0 spiro atoms. The molecule has 1 atom stereocenters. The molecule has 1 aromatic rings. The van der Waals surface area contributed by atoms with Crippen LogP contribution in [-0.2, 0) is 16.1 Å². The van der Waals surface area contributed by atoms with Gasteiger partial charge in [-0.15, -0.1) is 0 Å². The van der Waals surface area contributed by atoms with Crippen LogP contribution in [-0.4, -0.2) is 28.2 Å². The number of carbonyl (C=O) groups is 1. The van der Waals surface area contributed by atoms with Crippen LogP contribution in [0.3, 0.4) is 0 Å². The number of nitrogens with zero attached hydrogens (tertiary/aromatic N) is 1. The average molecular weight is 298 g/mol. The Bertz CT molecular complexity index is 618. The maximum absolute atomic E-state index is 11.9. The number of nitrogens with one attached hydrogen (secondary N) is 2. The maximum Gasteiger partial charge on any atom is 0.330 e. The van der Waals surface area contributed by atoms with Gasteiger partial charge >= 0.3 is 11.7 Å². The van der Waals surface area contributed by atoms with Gasteiger partial charge in [-0.05, 0) is 19.8 Å². The highest BCUT2D eigenvalue weighted by atomic mass is 16.5. The average Bonchev–Trinajstić information content (AvgIpc) is 2.39. The molecule has 0 saturated heterocycles. The number of rotatable bonds is 6. The Morgan fingerprint density at radius 1 is 1.38 bits per heavy atom. The fourth-order valence-corrected chi connectivity index (χ4v) is 1.82. The topological polar surface area (TPSA) is 119 Å². The summed E-state index contributed by atoms with van der Waals surface area (Å²) in [4.78, 5) is 37.4. The smallest absolute Gasteiger partial charge is 0.330 e. The predicted molar refractivity (Wildman–Crippen MR) is 80.3 cm³/mol. The minimum absolute atomic E-state index is 0.00389. The zero-order valence-electron chi connectivity index (χ0n) is 12.7. The summed E-state index contributed by atoms with van der Waals surface area (Å²) in [6, 6.07) is -0.752. The largest absolute Gasteiger partial charge is 0.464 e. The number of carbonyl (C=O) groups excluding carboxylic acids is 1. The SMILES string of the molecule is CCOC(=O)C(C)Nc1c(N)n(CC(C)C)c(=O)[nH]c1=O. The molecule has 1 rings (SSSR count). The minimum Gasteiger partial charge on any atom is -0.464 e. The first kappa shape index (κ1) is 16.8. The number of H-pyrrole nitrogens is 1. The number of esters is 1. The van der Waals surface area contributed by atoms with Gasteiger partial charge < -0.3 is 15.8 Å². The Labute approximate surface area is 122 Å². The van der Waals surface area contributed by atoms with E-state index < -0.39 is 23.3 Å². The first-order valence-electron chi connectivity index (χ1n) is 6.83. The van der Waals surface area contributed by atoms with Crippen molar-refractivity contribution in [2.75, 3.05) is 17.7 Å². The molecule has 0 bridgehead atoms. The Morgan fingerprint density at radius 2 is 2.00 bits per heavy atom. The van der Waals surface area contributed by atoms with Crippen molar-refractivity contribution in [3.8, 4) is 0 Å². The monoisotopic (exact) mass is 298 g/mol. The Balaban J connectivity index is 3.16. The van der Waals surface area contributed by atoms with Gasteiger partial charge in [0, 0.05) is 6.54 Å². The van der Waals surface area contributed by atoms with Crippen molar-refractivity contribution in [2.24, 2.45) is 5.92 Å². The van der Waals surface area contributed by atoms with Gasteiger partial charge in [-0.25, -0.2) is 9.59 Å². The molecule has 0 saturated carbocycles. The lowest BCUT2D eigenvalue weighted by Crippen LogP contribution is -2.38. The van der Waals surface area contributed by atoms with E-state index in [0.29, 0.717) is 6.54 Å². The fourth-order valence-electron chi connectivity index (χ4n) is 1.82. The number of anilines is 2. The molecule has 0 aliphatic heterocycles. The quantitative estimate of drug-likeness (QED) is 0.643. The molecule has 0 radical (unpaired) electrons. The summed E-state index contributed by atoms with van der Waals surface area (Å²) in [6.07, 6.45) is 0. The second-order valence-corrected chi connectivity index (χ2v) is 5.14. The summed E-state index contributed by atoms with van der Waals surface area (Å²) >= 11 is 0. The molecule has 0 aliphatic rings. The molecule has 0 amide bonds. The second-order valence-electron chi connectivity index (χ2n) is 5.14. The van der Waals surface area contributed by atoms with E-state index in [0.717, 1.165) is 0 Å². The molecule has 1 unspecified atom stereocenters. The number of hydrogen-bond donors (Lipinski definition) is 3. The summed E-state index contributed by atoms with van der Waals surface area (Å²) in [6.45, 7) is 7.69. The van der Waals surface area contributed by atoms with Gasteiger partial charge in [-0.2, -0.15) is 0 Å². The van der Waals surface area contributed by atoms with Crippen LogP contribution in [0.25, 0.3) is 0 Å². The molecule has 1 aromatic heterocycles.